The molecular weight excluding hydrogens is 222 g/mol. The fourth-order valence-electron chi connectivity index (χ4n) is 1.36. The lowest BCUT2D eigenvalue weighted by Crippen LogP contribution is -2.14. The molecule has 0 fully saturated rings. The molecule has 0 bridgehead atoms. The van der Waals surface area contributed by atoms with E-state index in [1.807, 2.05) is 24.3 Å². The van der Waals surface area contributed by atoms with Crippen molar-refractivity contribution in [2.75, 3.05) is 6.79 Å². The molecule has 0 aromatic heterocycles. The van der Waals surface area contributed by atoms with Crippen molar-refractivity contribution in [1.29, 1.82) is 0 Å². The highest BCUT2D eigenvalue weighted by molar-refractivity contribution is 5.86. The van der Waals surface area contributed by atoms with Gasteiger partial charge in [0.05, 0.1) is 0 Å². The number of allylic oxidation sites excluding steroid dienone is 2. The minimum absolute atomic E-state index is 0.249. The lowest BCUT2D eigenvalue weighted by Gasteiger charge is -1.96. The van der Waals surface area contributed by atoms with Crippen LogP contribution in [-0.2, 0) is 4.79 Å². The van der Waals surface area contributed by atoms with Gasteiger partial charge in [-0.25, -0.2) is 5.48 Å². The van der Waals surface area contributed by atoms with E-state index in [0.29, 0.717) is 5.75 Å². The Bertz CT molecular complexity index is 479. The maximum absolute atomic E-state index is 10.7. The van der Waals surface area contributed by atoms with Crippen LogP contribution < -0.4 is 15.0 Å². The first-order chi connectivity index (χ1) is 8.29. The normalized spacial score (nSPS) is 13.5. The summed E-state index contributed by atoms with van der Waals surface area (Å²) in [5, 5.41) is 8.25. The number of hydrogen-bond acceptors (Lipinski definition) is 4. The van der Waals surface area contributed by atoms with Crippen LogP contribution in [0.15, 0.2) is 36.4 Å². The highest BCUT2D eigenvalue weighted by Crippen LogP contribution is 2.32. The Morgan fingerprint density at radius 3 is 2.94 bits per heavy atom. The van der Waals surface area contributed by atoms with Gasteiger partial charge >= 0.3 is 0 Å². The second kappa shape index (κ2) is 5.18. The fourth-order valence-corrected chi connectivity index (χ4v) is 1.36. The largest absolute Gasteiger partial charge is 0.454 e. The number of amides is 1. The summed E-state index contributed by atoms with van der Waals surface area (Å²) in [7, 11) is 0. The van der Waals surface area contributed by atoms with Crippen molar-refractivity contribution in [3.63, 3.8) is 0 Å². The first-order valence-corrected chi connectivity index (χ1v) is 4.98. The Labute approximate surface area is 97.9 Å². The zero-order valence-corrected chi connectivity index (χ0v) is 8.92. The first kappa shape index (κ1) is 11.2. The number of hydroxylamine groups is 1. The summed E-state index contributed by atoms with van der Waals surface area (Å²) in [6.07, 6.45) is 6.23. The summed E-state index contributed by atoms with van der Waals surface area (Å²) in [6.45, 7) is 0.249. The molecular formula is C12H11NO4. The number of rotatable bonds is 3. The van der Waals surface area contributed by atoms with E-state index in [2.05, 4.69) is 0 Å². The Morgan fingerprint density at radius 1 is 1.29 bits per heavy atom. The molecule has 5 heteroatoms. The van der Waals surface area contributed by atoms with E-state index < -0.39 is 5.91 Å². The molecule has 0 aliphatic carbocycles. The van der Waals surface area contributed by atoms with Gasteiger partial charge in [0, 0.05) is 6.08 Å². The third-order valence-corrected chi connectivity index (χ3v) is 2.15. The van der Waals surface area contributed by atoms with Crippen LogP contribution in [0.5, 0.6) is 11.5 Å². The first-order valence-electron chi connectivity index (χ1n) is 4.98. The molecule has 1 aliphatic rings. The van der Waals surface area contributed by atoms with Crippen LogP contribution in [0.4, 0.5) is 0 Å². The number of ether oxygens (including phenoxy) is 2. The van der Waals surface area contributed by atoms with Crippen LogP contribution >= 0.6 is 0 Å². The average Bonchev–Trinajstić information content (AvgIpc) is 2.81. The lowest BCUT2D eigenvalue weighted by molar-refractivity contribution is -0.124. The van der Waals surface area contributed by atoms with Crippen LogP contribution in [0.2, 0.25) is 0 Å². The molecule has 88 valence electrons. The van der Waals surface area contributed by atoms with E-state index in [0.717, 1.165) is 11.3 Å². The van der Waals surface area contributed by atoms with Crippen LogP contribution in [0.25, 0.3) is 6.08 Å². The number of carbonyl (C=O) groups is 1. The zero-order chi connectivity index (χ0) is 12.1. The van der Waals surface area contributed by atoms with Gasteiger partial charge < -0.3 is 9.47 Å². The van der Waals surface area contributed by atoms with Gasteiger partial charge in [-0.3, -0.25) is 10.0 Å². The highest BCUT2D eigenvalue weighted by Gasteiger charge is 2.11. The molecule has 0 spiro atoms. The summed E-state index contributed by atoms with van der Waals surface area (Å²) in [5.41, 5.74) is 2.44. The smallest absolute Gasteiger partial charge is 0.267 e. The Balaban J connectivity index is 2.02. The van der Waals surface area contributed by atoms with Gasteiger partial charge in [-0.15, -0.1) is 0 Å². The minimum atomic E-state index is -0.569. The molecule has 1 heterocycles. The standard InChI is InChI=1S/C12H11NO4/c14-12(13-15)4-2-1-3-9-5-6-10-11(7-9)17-8-16-10/h1-7,15H,8H2,(H,13,14)/b3-1+,4-2+. The number of hydrogen-bond donors (Lipinski definition) is 2. The Morgan fingerprint density at radius 2 is 2.12 bits per heavy atom. The van der Waals surface area contributed by atoms with Gasteiger partial charge in [0.25, 0.3) is 5.91 Å². The van der Waals surface area contributed by atoms with Crippen LogP contribution in [-0.4, -0.2) is 17.9 Å². The zero-order valence-electron chi connectivity index (χ0n) is 8.92. The number of carbonyl (C=O) groups excluding carboxylic acids is 1. The molecule has 1 aromatic rings. The van der Waals surface area contributed by atoms with Crippen LogP contribution in [0.3, 0.4) is 0 Å². The van der Waals surface area contributed by atoms with Gasteiger partial charge in [0.1, 0.15) is 0 Å². The molecule has 0 saturated heterocycles. The maximum atomic E-state index is 10.7. The molecule has 2 rings (SSSR count). The van der Waals surface area contributed by atoms with Crippen molar-refractivity contribution in [2.24, 2.45) is 0 Å². The number of benzene rings is 1. The van der Waals surface area contributed by atoms with E-state index in [-0.39, 0.29) is 6.79 Å². The molecule has 2 N–H and O–H groups in total. The Hall–Kier alpha value is -2.27. The summed E-state index contributed by atoms with van der Waals surface area (Å²) < 4.78 is 10.4. The second-order valence-electron chi connectivity index (χ2n) is 3.31. The third-order valence-electron chi connectivity index (χ3n) is 2.15. The quantitative estimate of drug-likeness (QED) is 0.359. The van der Waals surface area contributed by atoms with Crippen molar-refractivity contribution < 1.29 is 19.5 Å². The van der Waals surface area contributed by atoms with E-state index in [1.165, 1.54) is 17.6 Å². The van der Waals surface area contributed by atoms with Crippen molar-refractivity contribution in [1.82, 2.24) is 5.48 Å². The predicted octanol–water partition coefficient (Wildman–Crippen LogP) is 1.49. The lowest BCUT2D eigenvalue weighted by atomic mass is 10.2. The predicted molar refractivity (Wildman–Crippen MR) is 60.7 cm³/mol. The monoisotopic (exact) mass is 233 g/mol. The number of fused-ring (bicyclic) bond motifs is 1. The molecule has 0 saturated carbocycles. The van der Waals surface area contributed by atoms with Gasteiger partial charge in [-0.05, 0) is 17.7 Å². The highest BCUT2D eigenvalue weighted by atomic mass is 16.7. The van der Waals surface area contributed by atoms with Gasteiger partial charge in [-0.2, -0.15) is 0 Å². The van der Waals surface area contributed by atoms with E-state index in [9.17, 15) is 4.79 Å². The van der Waals surface area contributed by atoms with Crippen LogP contribution in [0, 0.1) is 0 Å². The van der Waals surface area contributed by atoms with Gasteiger partial charge in [0.15, 0.2) is 11.5 Å². The van der Waals surface area contributed by atoms with Crippen molar-refractivity contribution >= 4 is 12.0 Å². The second-order valence-corrected chi connectivity index (χ2v) is 3.31. The van der Waals surface area contributed by atoms with Crippen molar-refractivity contribution in [3.05, 3.63) is 42.0 Å². The van der Waals surface area contributed by atoms with E-state index in [4.69, 9.17) is 14.7 Å². The van der Waals surface area contributed by atoms with Crippen LogP contribution in [0.1, 0.15) is 5.56 Å². The molecule has 0 unspecified atom stereocenters. The third kappa shape index (κ3) is 2.85. The van der Waals surface area contributed by atoms with Crippen molar-refractivity contribution in [2.45, 2.75) is 0 Å². The molecule has 1 amide bonds. The molecule has 1 aromatic carbocycles. The summed E-state index contributed by atoms with van der Waals surface area (Å²) in [5.74, 6) is 0.877. The molecule has 1 aliphatic heterocycles. The summed E-state index contributed by atoms with van der Waals surface area (Å²) in [6, 6.07) is 5.55. The Kier molecular flexibility index (Phi) is 3.42. The molecule has 17 heavy (non-hydrogen) atoms. The maximum Gasteiger partial charge on any atom is 0.267 e. The average molecular weight is 233 g/mol. The number of nitrogens with one attached hydrogen (secondary N) is 1. The molecule has 0 radical (unpaired) electrons. The van der Waals surface area contributed by atoms with Gasteiger partial charge in [-0.1, -0.05) is 24.3 Å². The van der Waals surface area contributed by atoms with E-state index in [1.54, 1.807) is 6.08 Å². The fraction of sp³-hybridized carbons (Fsp3) is 0.0833. The topological polar surface area (TPSA) is 67.8 Å². The van der Waals surface area contributed by atoms with Gasteiger partial charge in [0.2, 0.25) is 6.79 Å². The molecule has 0 atom stereocenters. The van der Waals surface area contributed by atoms with Crippen molar-refractivity contribution in [3.8, 4) is 11.5 Å². The minimum Gasteiger partial charge on any atom is -0.454 e. The van der Waals surface area contributed by atoms with E-state index >= 15 is 0 Å². The molecule has 5 nitrogen and oxygen atoms in total. The SMILES string of the molecule is O=C(/C=C/C=C/c1ccc2c(c1)OCO2)NO. The summed E-state index contributed by atoms with van der Waals surface area (Å²) >= 11 is 0. The summed E-state index contributed by atoms with van der Waals surface area (Å²) in [4.78, 5) is 10.7.